The number of anilines is 4. The maximum absolute atomic E-state index is 13.8. The normalized spacial score (nSPS) is 10.3. The van der Waals surface area contributed by atoms with Crippen LogP contribution in [-0.2, 0) is 30.3 Å². The predicted molar refractivity (Wildman–Crippen MR) is 190 cm³/mol. The molecule has 4 aromatic rings. The zero-order valence-corrected chi connectivity index (χ0v) is 28.3. The highest BCUT2D eigenvalue weighted by Crippen LogP contribution is 2.30. The summed E-state index contributed by atoms with van der Waals surface area (Å²) in [4.78, 5) is 69.2. The monoisotopic (exact) mass is 681 g/mol. The van der Waals surface area contributed by atoms with E-state index in [9.17, 15) is 24.0 Å². The second kappa shape index (κ2) is 17.7. The van der Waals surface area contributed by atoms with Gasteiger partial charge < -0.3 is 34.6 Å². The Morgan fingerprint density at radius 3 is 1.90 bits per heavy atom. The summed E-state index contributed by atoms with van der Waals surface area (Å²) in [6.45, 7) is -1.27. The van der Waals surface area contributed by atoms with Crippen LogP contribution in [0, 0.1) is 0 Å². The van der Waals surface area contributed by atoms with Crippen LogP contribution in [0.3, 0.4) is 0 Å². The Hall–Kier alpha value is -6.37. The zero-order valence-electron chi connectivity index (χ0n) is 28.3. The molecule has 0 aliphatic rings. The van der Waals surface area contributed by atoms with Gasteiger partial charge >= 0.3 is 12.0 Å². The Kier molecular flexibility index (Phi) is 12.9. The number of nitrogens with zero attached hydrogens (tertiary/aromatic N) is 3. The third-order valence-corrected chi connectivity index (χ3v) is 7.65. The molecule has 260 valence electrons. The molecule has 0 heterocycles. The first-order chi connectivity index (χ1) is 24.1. The summed E-state index contributed by atoms with van der Waals surface area (Å²) in [6.07, 6.45) is -0.0780. The van der Waals surface area contributed by atoms with Crippen LogP contribution in [0.15, 0.2) is 103 Å². The van der Waals surface area contributed by atoms with Crippen molar-refractivity contribution in [3.8, 4) is 11.5 Å². The number of para-hydroxylation sites is 5. The summed E-state index contributed by atoms with van der Waals surface area (Å²) in [5.74, 6) is -1.44. The fourth-order valence-electron chi connectivity index (χ4n) is 4.89. The van der Waals surface area contributed by atoms with Crippen LogP contribution in [0.4, 0.5) is 27.5 Å². The Bertz CT molecular complexity index is 1800. The Morgan fingerprint density at radius 1 is 0.680 bits per heavy atom. The van der Waals surface area contributed by atoms with Crippen LogP contribution in [0.5, 0.6) is 11.5 Å². The minimum Gasteiger partial charge on any atom is -0.494 e. The standard InChI is InChI=1S/C37H39N5O8/c1-40(27-15-7-5-8-16-27)33(44)24-42(30-20-11-12-21-31(30)50-25-34(45)41(2)28-17-9-6-10-18-28)32(43)23-38-37(47)39-29-19-13-14-26(36(29)49-4)22-35(46)48-3/h5-21H,22-25H2,1-4H3,(H2,38,39,47). The maximum atomic E-state index is 13.8. The van der Waals surface area contributed by atoms with E-state index in [1.54, 1.807) is 93.0 Å². The molecular formula is C37H39N5O8. The van der Waals surface area contributed by atoms with E-state index in [4.69, 9.17) is 14.2 Å². The lowest BCUT2D eigenvalue weighted by atomic mass is 10.1. The second-order valence-corrected chi connectivity index (χ2v) is 10.9. The van der Waals surface area contributed by atoms with E-state index in [2.05, 4.69) is 10.6 Å². The molecule has 0 saturated heterocycles. The number of carbonyl (C=O) groups is 5. The van der Waals surface area contributed by atoms with E-state index in [1.807, 2.05) is 24.3 Å². The minimum absolute atomic E-state index is 0.0780. The molecule has 13 nitrogen and oxygen atoms in total. The molecule has 4 rings (SSSR count). The lowest BCUT2D eigenvalue weighted by Gasteiger charge is -2.27. The van der Waals surface area contributed by atoms with E-state index >= 15 is 0 Å². The summed E-state index contributed by atoms with van der Waals surface area (Å²) in [5, 5.41) is 5.16. The summed E-state index contributed by atoms with van der Waals surface area (Å²) in [6, 6.07) is 28.6. The van der Waals surface area contributed by atoms with Crippen molar-refractivity contribution in [3.63, 3.8) is 0 Å². The summed E-state index contributed by atoms with van der Waals surface area (Å²) in [7, 11) is 5.89. The average molecular weight is 682 g/mol. The first kappa shape index (κ1) is 36.5. The number of carbonyl (C=O) groups excluding carboxylic acids is 5. The Balaban J connectivity index is 1.53. The number of nitrogens with one attached hydrogen (secondary N) is 2. The number of methoxy groups -OCH3 is 2. The first-order valence-electron chi connectivity index (χ1n) is 15.6. The number of ether oxygens (including phenoxy) is 3. The molecule has 13 heteroatoms. The molecule has 0 radical (unpaired) electrons. The van der Waals surface area contributed by atoms with Gasteiger partial charge in [0, 0.05) is 31.0 Å². The number of esters is 1. The number of benzene rings is 4. The lowest BCUT2D eigenvalue weighted by Crippen LogP contribution is -2.46. The number of urea groups is 1. The van der Waals surface area contributed by atoms with E-state index in [1.165, 1.54) is 28.9 Å². The van der Waals surface area contributed by atoms with Crippen LogP contribution in [-0.4, -0.2) is 77.7 Å². The van der Waals surface area contributed by atoms with Gasteiger partial charge in [-0.25, -0.2) is 4.79 Å². The molecule has 0 spiro atoms. The van der Waals surface area contributed by atoms with Gasteiger partial charge in [0.15, 0.2) is 6.61 Å². The van der Waals surface area contributed by atoms with Crippen molar-refractivity contribution in [2.75, 3.05) is 68.0 Å². The highest BCUT2D eigenvalue weighted by molar-refractivity contribution is 6.06. The molecular weight excluding hydrogens is 642 g/mol. The molecule has 0 bridgehead atoms. The highest BCUT2D eigenvalue weighted by Gasteiger charge is 2.26. The smallest absolute Gasteiger partial charge is 0.319 e. The van der Waals surface area contributed by atoms with Crippen LogP contribution in [0.2, 0.25) is 0 Å². The largest absolute Gasteiger partial charge is 0.494 e. The van der Waals surface area contributed by atoms with Crippen molar-refractivity contribution in [1.82, 2.24) is 5.32 Å². The van der Waals surface area contributed by atoms with Gasteiger partial charge in [-0.2, -0.15) is 0 Å². The van der Waals surface area contributed by atoms with Crippen LogP contribution < -0.4 is 34.8 Å². The number of rotatable bonds is 14. The fourth-order valence-corrected chi connectivity index (χ4v) is 4.89. The summed E-state index contributed by atoms with van der Waals surface area (Å²) < 4.78 is 16.1. The molecule has 5 amide bonds. The summed E-state index contributed by atoms with van der Waals surface area (Å²) >= 11 is 0. The second-order valence-electron chi connectivity index (χ2n) is 10.9. The van der Waals surface area contributed by atoms with Crippen LogP contribution in [0.25, 0.3) is 0 Å². The SMILES string of the molecule is COC(=O)Cc1cccc(NC(=O)NCC(=O)N(CC(=O)N(C)c2ccccc2)c2ccccc2OCC(=O)N(C)c2ccccc2)c1OC. The molecule has 4 aromatic carbocycles. The first-order valence-corrected chi connectivity index (χ1v) is 15.6. The van der Waals surface area contributed by atoms with Crippen molar-refractivity contribution >= 4 is 52.5 Å². The topological polar surface area (TPSA) is 147 Å². The van der Waals surface area contributed by atoms with Gasteiger partial charge in [0.2, 0.25) is 11.8 Å². The van der Waals surface area contributed by atoms with Crippen molar-refractivity contribution in [2.24, 2.45) is 0 Å². The zero-order chi connectivity index (χ0) is 36.0. The van der Waals surface area contributed by atoms with Crippen molar-refractivity contribution in [1.29, 1.82) is 0 Å². The van der Waals surface area contributed by atoms with Crippen molar-refractivity contribution < 1.29 is 38.2 Å². The Labute approximate surface area is 290 Å². The van der Waals surface area contributed by atoms with E-state index < -0.39 is 36.9 Å². The highest BCUT2D eigenvalue weighted by atomic mass is 16.5. The number of likely N-dealkylation sites (N-methyl/N-ethyl adjacent to an activating group) is 2. The van der Waals surface area contributed by atoms with Gasteiger partial charge in [-0.1, -0.05) is 60.7 Å². The van der Waals surface area contributed by atoms with Gasteiger partial charge in [0.25, 0.3) is 5.91 Å². The molecule has 0 atom stereocenters. The molecule has 0 aliphatic carbocycles. The van der Waals surface area contributed by atoms with E-state index in [0.29, 0.717) is 16.9 Å². The lowest BCUT2D eigenvalue weighted by molar-refractivity contribution is -0.139. The van der Waals surface area contributed by atoms with E-state index in [0.717, 1.165) is 0 Å². The fraction of sp³-hybridized carbons (Fsp3) is 0.216. The molecule has 0 aliphatic heterocycles. The molecule has 50 heavy (non-hydrogen) atoms. The number of hydrogen-bond donors (Lipinski definition) is 2. The van der Waals surface area contributed by atoms with Gasteiger partial charge in [0.05, 0.1) is 38.6 Å². The van der Waals surface area contributed by atoms with E-state index in [-0.39, 0.29) is 41.8 Å². The van der Waals surface area contributed by atoms with Gasteiger partial charge in [0.1, 0.15) is 18.0 Å². The predicted octanol–water partition coefficient (Wildman–Crippen LogP) is 4.27. The molecule has 0 aromatic heterocycles. The van der Waals surface area contributed by atoms with Gasteiger partial charge in [-0.15, -0.1) is 0 Å². The van der Waals surface area contributed by atoms with Crippen molar-refractivity contribution in [3.05, 3.63) is 109 Å². The minimum atomic E-state index is -0.737. The molecule has 2 N–H and O–H groups in total. The van der Waals surface area contributed by atoms with Crippen LogP contribution >= 0.6 is 0 Å². The Morgan fingerprint density at radius 2 is 1.28 bits per heavy atom. The average Bonchev–Trinajstić information content (AvgIpc) is 3.15. The quantitative estimate of drug-likeness (QED) is 0.188. The maximum Gasteiger partial charge on any atom is 0.319 e. The van der Waals surface area contributed by atoms with Crippen molar-refractivity contribution in [2.45, 2.75) is 6.42 Å². The molecule has 0 fully saturated rings. The summed E-state index contributed by atoms with van der Waals surface area (Å²) in [5.41, 5.74) is 2.27. The van der Waals surface area contributed by atoms with Gasteiger partial charge in [-0.3, -0.25) is 24.1 Å². The molecule has 0 unspecified atom stereocenters. The number of hydrogen-bond acceptors (Lipinski definition) is 8. The molecule has 0 saturated carbocycles. The van der Waals surface area contributed by atoms with Gasteiger partial charge in [-0.05, 0) is 42.5 Å². The van der Waals surface area contributed by atoms with Crippen LogP contribution in [0.1, 0.15) is 5.56 Å². The third-order valence-electron chi connectivity index (χ3n) is 7.65. The number of amides is 5. The third kappa shape index (κ3) is 9.60.